The number of hydrogen-bond donors (Lipinski definition) is 2. The van der Waals surface area contributed by atoms with E-state index in [0.29, 0.717) is 12.2 Å². The fraction of sp³-hybridized carbons (Fsp3) is 0.368. The number of hydrogen-bond acceptors (Lipinski definition) is 3. The number of alkyl halides is 3. The number of ether oxygens (including phenoxy) is 1. The molecule has 0 saturated carbocycles. The van der Waals surface area contributed by atoms with Gasteiger partial charge in [-0.15, -0.1) is 0 Å². The summed E-state index contributed by atoms with van der Waals surface area (Å²) in [5.74, 6) is 4.96. The third-order valence-corrected chi connectivity index (χ3v) is 3.91. The monoisotopic (exact) mass is 364 g/mol. The second-order valence-electron chi connectivity index (χ2n) is 5.84. The number of amides is 1. The van der Waals surface area contributed by atoms with E-state index in [1.54, 1.807) is 6.92 Å². The molecule has 1 aliphatic rings. The predicted molar refractivity (Wildman–Crippen MR) is 91.5 cm³/mol. The smallest absolute Gasteiger partial charge is 0.359 e. The minimum absolute atomic E-state index is 0.193. The van der Waals surface area contributed by atoms with Crippen molar-refractivity contribution in [2.75, 3.05) is 6.61 Å². The van der Waals surface area contributed by atoms with Gasteiger partial charge in [0.05, 0.1) is 11.1 Å². The molecule has 4 nitrogen and oxygen atoms in total. The van der Waals surface area contributed by atoms with Gasteiger partial charge in [-0.1, -0.05) is 11.8 Å². The van der Waals surface area contributed by atoms with E-state index in [-0.39, 0.29) is 23.3 Å². The molecule has 1 amide bonds. The van der Waals surface area contributed by atoms with Gasteiger partial charge in [0.1, 0.15) is 6.23 Å². The van der Waals surface area contributed by atoms with Gasteiger partial charge < -0.3 is 15.5 Å². The maximum absolute atomic E-state index is 12.5. The number of carbonyl (C=O) groups excluding carboxylic acids is 1. The Morgan fingerprint density at radius 2 is 2.00 bits per heavy atom. The first-order chi connectivity index (χ1) is 12.3. The molecule has 1 atom stereocenters. The van der Waals surface area contributed by atoms with Crippen molar-refractivity contribution in [1.29, 1.82) is 5.41 Å². The summed E-state index contributed by atoms with van der Waals surface area (Å²) in [6.45, 7) is 2.14. The van der Waals surface area contributed by atoms with E-state index in [1.165, 1.54) is 12.1 Å². The quantitative estimate of drug-likeness (QED) is 0.488. The van der Waals surface area contributed by atoms with Crippen molar-refractivity contribution in [3.05, 3.63) is 46.5 Å². The SMILES string of the molecule is C/C(C(=O)NC1CCCCO1)=C(\C#Cc1ccc(C(F)(F)F)cc1)C=N. The summed E-state index contributed by atoms with van der Waals surface area (Å²) >= 11 is 0. The van der Waals surface area contributed by atoms with Crippen molar-refractivity contribution in [2.24, 2.45) is 0 Å². The molecule has 0 aliphatic carbocycles. The van der Waals surface area contributed by atoms with Crippen LogP contribution in [0.1, 0.15) is 37.3 Å². The maximum atomic E-state index is 12.5. The topological polar surface area (TPSA) is 62.2 Å². The molecular formula is C19H19F3N2O2. The highest BCUT2D eigenvalue weighted by atomic mass is 19.4. The fourth-order valence-corrected chi connectivity index (χ4v) is 2.35. The number of benzene rings is 1. The van der Waals surface area contributed by atoms with Gasteiger partial charge in [0.2, 0.25) is 5.91 Å². The number of carbonyl (C=O) groups is 1. The van der Waals surface area contributed by atoms with Gasteiger partial charge >= 0.3 is 6.18 Å². The molecule has 1 aromatic rings. The number of nitrogens with one attached hydrogen (secondary N) is 2. The van der Waals surface area contributed by atoms with E-state index >= 15 is 0 Å². The van der Waals surface area contributed by atoms with Crippen LogP contribution in [0.4, 0.5) is 13.2 Å². The number of allylic oxidation sites excluding steroid dienone is 1. The van der Waals surface area contributed by atoms with E-state index in [1.807, 2.05) is 0 Å². The average molecular weight is 364 g/mol. The maximum Gasteiger partial charge on any atom is 0.416 e. The lowest BCUT2D eigenvalue weighted by molar-refractivity contribution is -0.137. The number of halogens is 3. The zero-order chi connectivity index (χ0) is 19.2. The third kappa shape index (κ3) is 5.46. The summed E-state index contributed by atoms with van der Waals surface area (Å²) < 4.78 is 43.1. The van der Waals surface area contributed by atoms with Crippen molar-refractivity contribution in [3.63, 3.8) is 0 Å². The molecule has 1 unspecified atom stereocenters. The first kappa shape index (κ1) is 19.7. The lowest BCUT2D eigenvalue weighted by atomic mass is 10.1. The molecule has 0 radical (unpaired) electrons. The summed E-state index contributed by atoms with van der Waals surface area (Å²) in [5, 5.41) is 10.2. The predicted octanol–water partition coefficient (Wildman–Crippen LogP) is 3.67. The van der Waals surface area contributed by atoms with Crippen LogP contribution in [-0.4, -0.2) is 25.0 Å². The van der Waals surface area contributed by atoms with Crippen molar-refractivity contribution in [2.45, 2.75) is 38.6 Å². The fourth-order valence-electron chi connectivity index (χ4n) is 2.35. The first-order valence-corrected chi connectivity index (χ1v) is 8.14. The molecule has 1 saturated heterocycles. The minimum Gasteiger partial charge on any atom is -0.359 e. The van der Waals surface area contributed by atoms with Crippen LogP contribution < -0.4 is 5.32 Å². The van der Waals surface area contributed by atoms with E-state index in [0.717, 1.165) is 37.6 Å². The molecule has 2 rings (SSSR count). The molecule has 138 valence electrons. The highest BCUT2D eigenvalue weighted by Gasteiger charge is 2.29. The van der Waals surface area contributed by atoms with Gasteiger partial charge in [0.15, 0.2) is 0 Å². The summed E-state index contributed by atoms with van der Waals surface area (Å²) in [7, 11) is 0. The molecule has 1 fully saturated rings. The van der Waals surface area contributed by atoms with Gasteiger partial charge in [0.25, 0.3) is 0 Å². The molecule has 2 N–H and O–H groups in total. The van der Waals surface area contributed by atoms with Crippen molar-refractivity contribution in [1.82, 2.24) is 5.32 Å². The van der Waals surface area contributed by atoms with Gasteiger partial charge in [-0.25, -0.2) is 0 Å². The van der Waals surface area contributed by atoms with E-state index in [2.05, 4.69) is 17.2 Å². The Bertz CT molecular complexity index is 750. The molecule has 1 aromatic carbocycles. The van der Waals surface area contributed by atoms with Crippen LogP contribution in [0.5, 0.6) is 0 Å². The van der Waals surface area contributed by atoms with Crippen LogP contribution in [0.2, 0.25) is 0 Å². The second-order valence-corrected chi connectivity index (χ2v) is 5.84. The molecule has 0 spiro atoms. The van der Waals surface area contributed by atoms with Gasteiger partial charge in [-0.3, -0.25) is 4.79 Å². The van der Waals surface area contributed by atoms with Crippen molar-refractivity contribution < 1.29 is 22.7 Å². The largest absolute Gasteiger partial charge is 0.416 e. The Morgan fingerprint density at radius 1 is 1.31 bits per heavy atom. The van der Waals surface area contributed by atoms with Crippen LogP contribution in [-0.2, 0) is 15.7 Å². The third-order valence-electron chi connectivity index (χ3n) is 3.91. The summed E-state index contributed by atoms with van der Waals surface area (Å²) in [6.07, 6.45) is -1.13. The zero-order valence-corrected chi connectivity index (χ0v) is 14.2. The minimum atomic E-state index is -4.40. The van der Waals surface area contributed by atoms with Crippen LogP contribution in [0.3, 0.4) is 0 Å². The average Bonchev–Trinajstić information content (AvgIpc) is 2.62. The van der Waals surface area contributed by atoms with Gasteiger partial charge in [-0.05, 0) is 50.5 Å². The molecular weight excluding hydrogens is 345 g/mol. The highest BCUT2D eigenvalue weighted by Crippen LogP contribution is 2.28. The number of rotatable bonds is 3. The summed E-state index contributed by atoms with van der Waals surface area (Å²) in [6, 6.07) is 4.39. The van der Waals surface area contributed by atoms with Crippen LogP contribution in [0.25, 0.3) is 0 Å². The Labute approximate surface area is 149 Å². The lowest BCUT2D eigenvalue weighted by Crippen LogP contribution is -2.39. The molecule has 0 bridgehead atoms. The van der Waals surface area contributed by atoms with Crippen molar-refractivity contribution >= 4 is 12.1 Å². The summed E-state index contributed by atoms with van der Waals surface area (Å²) in [5.41, 5.74) is 0.0573. The Hall–Kier alpha value is -2.59. The molecule has 7 heteroatoms. The Morgan fingerprint density at radius 3 is 2.54 bits per heavy atom. The molecule has 1 aliphatic heterocycles. The molecule has 26 heavy (non-hydrogen) atoms. The molecule has 1 heterocycles. The lowest BCUT2D eigenvalue weighted by Gasteiger charge is -2.23. The zero-order valence-electron chi connectivity index (χ0n) is 14.2. The van der Waals surface area contributed by atoms with E-state index < -0.39 is 11.7 Å². The van der Waals surface area contributed by atoms with Crippen LogP contribution in [0, 0.1) is 17.3 Å². The van der Waals surface area contributed by atoms with Gasteiger partial charge in [-0.2, -0.15) is 13.2 Å². The summed E-state index contributed by atoms with van der Waals surface area (Å²) in [4.78, 5) is 12.2. The van der Waals surface area contributed by atoms with Crippen LogP contribution in [0.15, 0.2) is 35.4 Å². The molecule has 0 aromatic heterocycles. The van der Waals surface area contributed by atoms with Crippen LogP contribution >= 0.6 is 0 Å². The van der Waals surface area contributed by atoms with Gasteiger partial charge in [0, 0.05) is 24.0 Å². The Balaban J connectivity index is 2.12. The normalized spacial score (nSPS) is 18.2. The Kier molecular flexibility index (Phi) is 6.58. The highest BCUT2D eigenvalue weighted by molar-refractivity contribution is 6.01. The van der Waals surface area contributed by atoms with Crippen molar-refractivity contribution in [3.8, 4) is 11.8 Å². The second kappa shape index (κ2) is 8.68. The first-order valence-electron chi connectivity index (χ1n) is 8.14. The van der Waals surface area contributed by atoms with E-state index in [4.69, 9.17) is 10.1 Å². The standard InChI is InChI=1S/C19H19F3N2O2/c1-13(18(25)24-17-4-2-3-11-26-17)15(12-23)8-5-14-6-9-16(10-7-14)19(20,21)22/h6-7,9-10,12,17,23H,2-4,11H2,1H3,(H,24,25)/b15-13-,23-12?. The van der Waals surface area contributed by atoms with E-state index in [9.17, 15) is 18.0 Å².